The molecule has 0 bridgehead atoms. The first kappa shape index (κ1) is 16.1. The van der Waals surface area contributed by atoms with Gasteiger partial charge in [-0.1, -0.05) is 6.92 Å². The fourth-order valence-corrected chi connectivity index (χ4v) is 3.96. The highest BCUT2D eigenvalue weighted by molar-refractivity contribution is 9.10. The van der Waals surface area contributed by atoms with E-state index >= 15 is 0 Å². The Kier molecular flexibility index (Phi) is 5.72. The largest absolute Gasteiger partial charge is 0.305 e. The van der Waals surface area contributed by atoms with Gasteiger partial charge in [-0.05, 0) is 68.4 Å². The highest BCUT2D eigenvalue weighted by atomic mass is 79.9. The fraction of sp³-hybridized carbons (Fsp3) is 0.286. The van der Waals surface area contributed by atoms with Crippen LogP contribution in [-0.2, 0) is 0 Å². The van der Waals surface area contributed by atoms with Gasteiger partial charge in [0.25, 0.3) is 0 Å². The second kappa shape index (κ2) is 7.11. The van der Waals surface area contributed by atoms with Gasteiger partial charge in [0.15, 0.2) is 0 Å². The summed E-state index contributed by atoms with van der Waals surface area (Å²) in [5, 5.41) is 5.11. The van der Waals surface area contributed by atoms with E-state index < -0.39 is 17.7 Å². The predicted octanol–water partition coefficient (Wildman–Crippen LogP) is 5.64. The highest BCUT2D eigenvalue weighted by Gasteiger charge is 2.25. The Balaban J connectivity index is 2.52. The molecule has 1 atom stereocenters. The van der Waals surface area contributed by atoms with E-state index in [4.69, 9.17) is 0 Å². The second-order valence-corrected chi connectivity index (χ2v) is 6.93. The summed E-state index contributed by atoms with van der Waals surface area (Å²) in [6.45, 7) is 2.70. The Labute approximate surface area is 137 Å². The molecule has 1 nitrogen and oxygen atoms in total. The molecular formula is C14H13Br2F2NS. The molecule has 6 heteroatoms. The first-order chi connectivity index (χ1) is 9.56. The van der Waals surface area contributed by atoms with Crippen LogP contribution in [0.25, 0.3) is 0 Å². The molecule has 108 valence electrons. The van der Waals surface area contributed by atoms with E-state index in [1.807, 2.05) is 18.4 Å². The van der Waals surface area contributed by atoms with Crippen LogP contribution in [0.3, 0.4) is 0 Å². The maximum Gasteiger partial charge on any atom is 0.145 e. The Hall–Kier alpha value is -0.300. The number of benzene rings is 1. The lowest BCUT2D eigenvalue weighted by Gasteiger charge is -2.20. The van der Waals surface area contributed by atoms with Gasteiger partial charge < -0.3 is 5.32 Å². The number of nitrogens with one attached hydrogen (secondary N) is 1. The summed E-state index contributed by atoms with van der Waals surface area (Å²) in [7, 11) is 0. The summed E-state index contributed by atoms with van der Waals surface area (Å²) in [5.74, 6) is -1.10. The van der Waals surface area contributed by atoms with Gasteiger partial charge in [0, 0.05) is 14.9 Å². The van der Waals surface area contributed by atoms with Gasteiger partial charge >= 0.3 is 0 Å². The van der Waals surface area contributed by atoms with E-state index in [2.05, 4.69) is 37.2 Å². The van der Waals surface area contributed by atoms with Crippen LogP contribution in [0.4, 0.5) is 8.78 Å². The lowest BCUT2D eigenvalue weighted by atomic mass is 10.0. The number of halogens is 4. The van der Waals surface area contributed by atoms with Gasteiger partial charge in [0.2, 0.25) is 0 Å². The molecule has 2 aromatic rings. The van der Waals surface area contributed by atoms with Crippen molar-refractivity contribution in [2.75, 3.05) is 6.54 Å². The van der Waals surface area contributed by atoms with Crippen LogP contribution in [0, 0.1) is 11.6 Å². The van der Waals surface area contributed by atoms with Crippen molar-refractivity contribution >= 4 is 43.2 Å². The lowest BCUT2D eigenvalue weighted by molar-refractivity contribution is 0.503. The first-order valence-corrected chi connectivity index (χ1v) is 8.62. The van der Waals surface area contributed by atoms with Crippen molar-refractivity contribution in [1.29, 1.82) is 0 Å². The van der Waals surface area contributed by atoms with Crippen molar-refractivity contribution in [1.82, 2.24) is 5.32 Å². The van der Waals surface area contributed by atoms with Crippen molar-refractivity contribution in [3.8, 4) is 0 Å². The average Bonchev–Trinajstić information content (AvgIpc) is 2.84. The topological polar surface area (TPSA) is 12.0 Å². The molecule has 0 aliphatic heterocycles. The molecule has 1 N–H and O–H groups in total. The first-order valence-electron chi connectivity index (χ1n) is 6.16. The minimum Gasteiger partial charge on any atom is -0.305 e. The second-order valence-electron chi connectivity index (χ2n) is 4.28. The standard InChI is InChI=1S/C14H13Br2F2NS/c1-2-6-19-13(14-9(16)5-7-20-14)11-10(17)4-3-8(15)12(11)18/h3-5,7,13,19H,2,6H2,1H3. The molecule has 1 unspecified atom stereocenters. The third-order valence-corrected chi connectivity index (χ3v) is 5.42. The minimum absolute atomic E-state index is 0.0518. The molecule has 0 saturated carbocycles. The van der Waals surface area contributed by atoms with E-state index in [-0.39, 0.29) is 10.0 Å². The van der Waals surface area contributed by atoms with Crippen molar-refractivity contribution in [3.05, 3.63) is 54.6 Å². The van der Waals surface area contributed by atoms with E-state index in [0.29, 0.717) is 6.54 Å². The normalized spacial score (nSPS) is 12.7. The summed E-state index contributed by atoms with van der Waals surface area (Å²) < 4.78 is 29.6. The Morgan fingerprint density at radius 2 is 1.95 bits per heavy atom. The zero-order valence-corrected chi connectivity index (χ0v) is 14.7. The lowest BCUT2D eigenvalue weighted by Crippen LogP contribution is -2.25. The van der Waals surface area contributed by atoms with E-state index in [0.717, 1.165) is 15.8 Å². The fourth-order valence-electron chi connectivity index (χ4n) is 1.93. The number of hydrogen-bond donors (Lipinski definition) is 1. The predicted molar refractivity (Wildman–Crippen MR) is 86.2 cm³/mol. The van der Waals surface area contributed by atoms with E-state index in [1.54, 1.807) is 0 Å². The van der Waals surface area contributed by atoms with Gasteiger partial charge in [-0.3, -0.25) is 0 Å². The highest BCUT2D eigenvalue weighted by Crippen LogP contribution is 2.36. The SMILES string of the molecule is CCCNC(c1sccc1Br)c1c(F)ccc(Br)c1F. The molecule has 0 fully saturated rings. The Morgan fingerprint density at radius 1 is 1.20 bits per heavy atom. The Bertz CT molecular complexity index is 601. The Morgan fingerprint density at radius 3 is 2.55 bits per heavy atom. The molecule has 1 aromatic carbocycles. The zero-order valence-electron chi connectivity index (χ0n) is 10.7. The van der Waals surface area contributed by atoms with Crippen LogP contribution in [-0.4, -0.2) is 6.54 Å². The molecule has 0 amide bonds. The van der Waals surface area contributed by atoms with Crippen LogP contribution >= 0.6 is 43.2 Å². The molecule has 0 saturated heterocycles. The van der Waals surface area contributed by atoms with Gasteiger partial charge in [0.05, 0.1) is 10.5 Å². The van der Waals surface area contributed by atoms with Crippen molar-refractivity contribution in [2.45, 2.75) is 19.4 Å². The number of rotatable bonds is 5. The molecule has 0 aliphatic rings. The van der Waals surface area contributed by atoms with E-state index in [9.17, 15) is 8.78 Å². The molecule has 20 heavy (non-hydrogen) atoms. The van der Waals surface area contributed by atoms with Crippen LogP contribution in [0.1, 0.15) is 29.8 Å². The molecule has 1 aromatic heterocycles. The zero-order chi connectivity index (χ0) is 14.7. The maximum atomic E-state index is 14.3. The molecule has 1 heterocycles. The summed E-state index contributed by atoms with van der Waals surface area (Å²) in [6, 6.07) is 4.05. The van der Waals surface area contributed by atoms with Crippen molar-refractivity contribution in [2.24, 2.45) is 0 Å². The summed E-state index contributed by atoms with van der Waals surface area (Å²) >= 11 is 8.03. The number of hydrogen-bond acceptors (Lipinski definition) is 2. The molecular weight excluding hydrogens is 412 g/mol. The summed E-state index contributed by atoms with van der Waals surface area (Å²) in [4.78, 5) is 0.870. The van der Waals surface area contributed by atoms with Gasteiger partial charge in [-0.15, -0.1) is 11.3 Å². The van der Waals surface area contributed by atoms with Crippen LogP contribution in [0.5, 0.6) is 0 Å². The van der Waals surface area contributed by atoms with E-state index in [1.165, 1.54) is 23.5 Å². The third-order valence-electron chi connectivity index (χ3n) is 2.87. The quantitative estimate of drug-likeness (QED) is 0.612. The van der Waals surface area contributed by atoms with Crippen LogP contribution in [0.15, 0.2) is 32.5 Å². The molecule has 0 aliphatic carbocycles. The maximum absolute atomic E-state index is 14.3. The minimum atomic E-state index is -0.557. The monoisotopic (exact) mass is 423 g/mol. The number of thiophene rings is 1. The molecule has 0 spiro atoms. The molecule has 0 radical (unpaired) electrons. The van der Waals surface area contributed by atoms with Crippen LogP contribution in [0.2, 0.25) is 0 Å². The van der Waals surface area contributed by atoms with Crippen LogP contribution < -0.4 is 5.32 Å². The van der Waals surface area contributed by atoms with Gasteiger partial charge in [0.1, 0.15) is 11.6 Å². The van der Waals surface area contributed by atoms with Gasteiger partial charge in [-0.2, -0.15) is 0 Å². The van der Waals surface area contributed by atoms with Crippen molar-refractivity contribution in [3.63, 3.8) is 0 Å². The van der Waals surface area contributed by atoms with Gasteiger partial charge in [-0.25, -0.2) is 8.78 Å². The summed E-state index contributed by atoms with van der Waals surface area (Å²) in [5.41, 5.74) is 0.0518. The molecule has 2 rings (SSSR count). The summed E-state index contributed by atoms with van der Waals surface area (Å²) in [6.07, 6.45) is 0.886. The third kappa shape index (κ3) is 3.30. The van der Waals surface area contributed by atoms with Crippen molar-refractivity contribution < 1.29 is 8.78 Å². The average molecular weight is 425 g/mol. The smallest absolute Gasteiger partial charge is 0.145 e.